The molecule has 3 aromatic heterocycles. The van der Waals surface area contributed by atoms with Crippen LogP contribution in [-0.2, 0) is 0 Å². The molecule has 1 aliphatic rings. The lowest BCUT2D eigenvalue weighted by Crippen LogP contribution is -2.44. The van der Waals surface area contributed by atoms with E-state index in [2.05, 4.69) is 42.9 Å². The van der Waals surface area contributed by atoms with Gasteiger partial charge in [-0.3, -0.25) is 9.89 Å². The molecule has 0 aliphatic carbocycles. The van der Waals surface area contributed by atoms with Gasteiger partial charge in [0.2, 0.25) is 0 Å². The Bertz CT molecular complexity index is 891. The van der Waals surface area contributed by atoms with E-state index in [0.29, 0.717) is 0 Å². The first-order valence-corrected chi connectivity index (χ1v) is 10.4. The molecule has 8 heteroatoms. The molecule has 1 saturated heterocycles. The Morgan fingerprint density at radius 1 is 1.35 bits per heavy atom. The first kappa shape index (κ1) is 17.2. The number of nitrogens with one attached hydrogen (secondary N) is 2. The minimum atomic E-state index is 0.00583. The second-order valence-corrected chi connectivity index (χ2v) is 8.65. The van der Waals surface area contributed by atoms with Crippen molar-refractivity contribution >= 4 is 34.4 Å². The zero-order valence-corrected chi connectivity index (χ0v) is 16.4. The highest BCUT2D eigenvalue weighted by Crippen LogP contribution is 2.27. The number of H-pyrrole nitrogens is 1. The third-order valence-corrected chi connectivity index (χ3v) is 6.59. The normalized spacial score (nSPS) is 15.4. The summed E-state index contributed by atoms with van der Waals surface area (Å²) < 4.78 is 0. The van der Waals surface area contributed by atoms with Crippen molar-refractivity contribution in [3.8, 4) is 10.6 Å². The van der Waals surface area contributed by atoms with Gasteiger partial charge in [-0.05, 0) is 38.1 Å². The number of anilines is 1. The van der Waals surface area contributed by atoms with Gasteiger partial charge in [0, 0.05) is 25.2 Å². The van der Waals surface area contributed by atoms with Gasteiger partial charge in [-0.1, -0.05) is 6.07 Å². The van der Waals surface area contributed by atoms with Gasteiger partial charge in [0.1, 0.15) is 4.88 Å². The molecule has 0 saturated carbocycles. The average Bonchev–Trinajstić information content (AvgIpc) is 3.35. The van der Waals surface area contributed by atoms with Gasteiger partial charge in [0.05, 0.1) is 21.3 Å². The fourth-order valence-corrected chi connectivity index (χ4v) is 4.79. The summed E-state index contributed by atoms with van der Waals surface area (Å²) in [4.78, 5) is 21.0. The predicted octanol–water partition coefficient (Wildman–Crippen LogP) is 3.61. The van der Waals surface area contributed by atoms with Crippen LogP contribution in [0.1, 0.15) is 33.2 Å². The standard InChI is InChI=1S/C18H21N5OS2/c1-11-17(26-12(2)19-11)18(24)20-13-5-7-23(8-6-13)16-10-14(21-22-16)15-4-3-9-25-15/h3-4,9-10,13H,5-8H2,1-2H3,(H,20,24)(H,21,22). The highest BCUT2D eigenvalue weighted by molar-refractivity contribution is 7.13. The fourth-order valence-electron chi connectivity index (χ4n) is 3.28. The summed E-state index contributed by atoms with van der Waals surface area (Å²) in [7, 11) is 0. The second-order valence-electron chi connectivity index (χ2n) is 6.50. The molecule has 4 rings (SSSR count). The zero-order valence-electron chi connectivity index (χ0n) is 14.8. The molecule has 2 N–H and O–H groups in total. The number of carbonyl (C=O) groups excluding carboxylic acids is 1. The number of rotatable bonds is 4. The molecule has 1 amide bonds. The van der Waals surface area contributed by atoms with Gasteiger partial charge >= 0.3 is 0 Å². The summed E-state index contributed by atoms with van der Waals surface area (Å²) in [6.45, 7) is 5.60. The van der Waals surface area contributed by atoms with Gasteiger partial charge in [-0.25, -0.2) is 4.98 Å². The summed E-state index contributed by atoms with van der Waals surface area (Å²) >= 11 is 3.17. The molecule has 1 aliphatic heterocycles. The van der Waals surface area contributed by atoms with Crippen LogP contribution in [0.15, 0.2) is 23.6 Å². The van der Waals surface area contributed by atoms with Crippen LogP contribution in [0.2, 0.25) is 0 Å². The lowest BCUT2D eigenvalue weighted by Gasteiger charge is -2.32. The van der Waals surface area contributed by atoms with Gasteiger partial charge in [-0.2, -0.15) is 5.10 Å². The number of thiophene rings is 1. The maximum absolute atomic E-state index is 12.5. The van der Waals surface area contributed by atoms with Crippen molar-refractivity contribution in [3.05, 3.63) is 39.2 Å². The van der Waals surface area contributed by atoms with Crippen LogP contribution in [-0.4, -0.2) is 40.2 Å². The Morgan fingerprint density at radius 2 is 2.15 bits per heavy atom. The second kappa shape index (κ2) is 7.20. The molecule has 0 radical (unpaired) electrons. The van der Waals surface area contributed by atoms with Crippen molar-refractivity contribution in [1.82, 2.24) is 20.5 Å². The van der Waals surface area contributed by atoms with Gasteiger partial charge < -0.3 is 10.2 Å². The van der Waals surface area contributed by atoms with Crippen LogP contribution in [0, 0.1) is 13.8 Å². The summed E-state index contributed by atoms with van der Waals surface area (Å²) in [5.41, 5.74) is 1.88. The van der Waals surface area contributed by atoms with Crippen molar-refractivity contribution in [2.45, 2.75) is 32.7 Å². The summed E-state index contributed by atoms with van der Waals surface area (Å²) in [6, 6.07) is 6.44. The lowest BCUT2D eigenvalue weighted by atomic mass is 10.0. The summed E-state index contributed by atoms with van der Waals surface area (Å²) in [5.74, 6) is 0.985. The van der Waals surface area contributed by atoms with Crippen molar-refractivity contribution in [2.24, 2.45) is 0 Å². The zero-order chi connectivity index (χ0) is 18.1. The third-order valence-electron chi connectivity index (χ3n) is 4.61. The molecule has 0 aromatic carbocycles. The van der Waals surface area contributed by atoms with E-state index in [9.17, 15) is 4.79 Å². The molecule has 0 unspecified atom stereocenters. The van der Waals surface area contributed by atoms with Crippen molar-refractivity contribution in [1.29, 1.82) is 0 Å². The van der Waals surface area contributed by atoms with E-state index in [4.69, 9.17) is 0 Å². The minimum absolute atomic E-state index is 0.00583. The van der Waals surface area contributed by atoms with E-state index in [1.54, 1.807) is 11.3 Å². The summed E-state index contributed by atoms with van der Waals surface area (Å²) in [6.07, 6.45) is 1.84. The van der Waals surface area contributed by atoms with E-state index in [1.165, 1.54) is 16.2 Å². The van der Waals surface area contributed by atoms with E-state index >= 15 is 0 Å². The van der Waals surface area contributed by atoms with Crippen LogP contribution in [0.3, 0.4) is 0 Å². The first-order chi connectivity index (χ1) is 12.6. The Kier molecular flexibility index (Phi) is 4.78. The third kappa shape index (κ3) is 3.52. The Balaban J connectivity index is 1.34. The molecule has 0 atom stereocenters. The van der Waals surface area contributed by atoms with Crippen molar-refractivity contribution in [3.63, 3.8) is 0 Å². The average molecular weight is 388 g/mol. The Hall–Kier alpha value is -2.19. The number of aromatic nitrogens is 3. The molecule has 0 spiro atoms. The van der Waals surface area contributed by atoms with Gasteiger partial charge in [-0.15, -0.1) is 22.7 Å². The summed E-state index contributed by atoms with van der Waals surface area (Å²) in [5, 5.41) is 13.7. The molecule has 6 nitrogen and oxygen atoms in total. The number of piperidine rings is 1. The maximum Gasteiger partial charge on any atom is 0.263 e. The van der Waals surface area contributed by atoms with E-state index in [-0.39, 0.29) is 11.9 Å². The number of carbonyl (C=O) groups is 1. The number of hydrogen-bond acceptors (Lipinski definition) is 6. The maximum atomic E-state index is 12.5. The van der Waals surface area contributed by atoms with Crippen LogP contribution in [0.5, 0.6) is 0 Å². The van der Waals surface area contributed by atoms with Crippen LogP contribution < -0.4 is 10.2 Å². The minimum Gasteiger partial charge on any atom is -0.355 e. The van der Waals surface area contributed by atoms with Crippen LogP contribution in [0.4, 0.5) is 5.82 Å². The highest BCUT2D eigenvalue weighted by Gasteiger charge is 2.24. The topological polar surface area (TPSA) is 73.9 Å². The van der Waals surface area contributed by atoms with Gasteiger partial charge in [0.15, 0.2) is 5.82 Å². The SMILES string of the molecule is Cc1nc(C)c(C(=O)NC2CCN(c3cc(-c4cccs4)[nH]n3)CC2)s1. The number of nitrogens with zero attached hydrogens (tertiary/aromatic N) is 3. The highest BCUT2D eigenvalue weighted by atomic mass is 32.1. The van der Waals surface area contributed by atoms with E-state index in [1.807, 2.05) is 19.9 Å². The monoisotopic (exact) mass is 387 g/mol. The van der Waals surface area contributed by atoms with Crippen LogP contribution in [0.25, 0.3) is 10.6 Å². The number of amides is 1. The molecule has 0 bridgehead atoms. The number of aromatic amines is 1. The predicted molar refractivity (Wildman–Crippen MR) is 106 cm³/mol. The fraction of sp³-hybridized carbons (Fsp3) is 0.389. The molecular weight excluding hydrogens is 366 g/mol. The molecule has 3 aromatic rings. The molecule has 1 fully saturated rings. The van der Waals surface area contributed by atoms with E-state index < -0.39 is 0 Å². The largest absolute Gasteiger partial charge is 0.355 e. The molecule has 136 valence electrons. The van der Waals surface area contributed by atoms with Gasteiger partial charge in [0.25, 0.3) is 5.91 Å². The Labute approximate surface area is 160 Å². The van der Waals surface area contributed by atoms with Crippen molar-refractivity contribution in [2.75, 3.05) is 18.0 Å². The number of aryl methyl sites for hydroxylation is 2. The van der Waals surface area contributed by atoms with Crippen molar-refractivity contribution < 1.29 is 4.79 Å². The number of thiazole rings is 1. The molecule has 4 heterocycles. The smallest absolute Gasteiger partial charge is 0.263 e. The lowest BCUT2D eigenvalue weighted by molar-refractivity contribution is 0.0934. The van der Waals surface area contributed by atoms with E-state index in [0.717, 1.165) is 53.0 Å². The quantitative estimate of drug-likeness (QED) is 0.717. The molecule has 26 heavy (non-hydrogen) atoms. The van der Waals surface area contributed by atoms with Crippen LogP contribution >= 0.6 is 22.7 Å². The molecular formula is C18H21N5OS2. The number of hydrogen-bond donors (Lipinski definition) is 2. The Morgan fingerprint density at radius 3 is 2.81 bits per heavy atom. The first-order valence-electron chi connectivity index (χ1n) is 8.69.